The van der Waals surface area contributed by atoms with Gasteiger partial charge < -0.3 is 14.7 Å². The number of anilines is 1. The lowest BCUT2D eigenvalue weighted by Gasteiger charge is -2.40. The number of aliphatic hydroxyl groups is 1. The molecule has 3 fully saturated rings. The number of carbonyl (C=O) groups is 1. The summed E-state index contributed by atoms with van der Waals surface area (Å²) in [5.74, 6) is 1.00. The van der Waals surface area contributed by atoms with Gasteiger partial charge in [0.25, 0.3) is 0 Å². The van der Waals surface area contributed by atoms with E-state index in [0.29, 0.717) is 26.1 Å². The minimum atomic E-state index is -0.749. The van der Waals surface area contributed by atoms with Gasteiger partial charge in [-0.25, -0.2) is 0 Å². The molecule has 1 amide bonds. The minimum absolute atomic E-state index is 0.255. The number of benzene rings is 1. The highest BCUT2D eigenvalue weighted by Crippen LogP contribution is 2.49. The Morgan fingerprint density at radius 1 is 1.12 bits per heavy atom. The van der Waals surface area contributed by atoms with Crippen LogP contribution in [0.3, 0.4) is 0 Å². The molecule has 1 aromatic rings. The average Bonchev–Trinajstić information content (AvgIpc) is 3.43. The van der Waals surface area contributed by atoms with Crippen molar-refractivity contribution in [2.75, 3.05) is 24.7 Å². The van der Waals surface area contributed by atoms with Crippen LogP contribution in [0.2, 0.25) is 0 Å². The zero-order chi connectivity index (χ0) is 17.5. The Hall–Kier alpha value is -1.39. The fourth-order valence-electron chi connectivity index (χ4n) is 4.50. The lowest BCUT2D eigenvalue weighted by Crippen LogP contribution is -2.45. The van der Waals surface area contributed by atoms with E-state index in [1.807, 2.05) is 11.8 Å². The fraction of sp³-hybridized carbons (Fsp3) is 0.667. The van der Waals surface area contributed by atoms with Crippen molar-refractivity contribution in [3.05, 3.63) is 29.8 Å². The normalized spacial score (nSPS) is 32.6. The van der Waals surface area contributed by atoms with E-state index in [4.69, 9.17) is 4.74 Å². The molecule has 1 saturated heterocycles. The number of hydrogen-bond acceptors (Lipinski definition) is 3. The van der Waals surface area contributed by atoms with Crippen molar-refractivity contribution in [2.45, 2.75) is 63.4 Å². The van der Waals surface area contributed by atoms with Gasteiger partial charge in [0.15, 0.2) is 0 Å². The summed E-state index contributed by atoms with van der Waals surface area (Å²) in [5, 5.41) is 10.7. The standard InChI is InChI=1S/C21H29NO3/c1-2-25-15-21(24)11-9-20(10-12-21)13-14-22(19(20)23)18-7-5-17(6-8-18)16-3-4-16/h5-8,16,24H,2-4,9-15H2,1H3/t20-,21-. The zero-order valence-corrected chi connectivity index (χ0v) is 15.2. The van der Waals surface area contributed by atoms with Crippen molar-refractivity contribution in [2.24, 2.45) is 5.41 Å². The first-order valence-electron chi connectivity index (χ1n) is 9.77. The number of amides is 1. The molecule has 25 heavy (non-hydrogen) atoms. The molecule has 1 N–H and O–H groups in total. The quantitative estimate of drug-likeness (QED) is 0.888. The highest BCUT2D eigenvalue weighted by molar-refractivity contribution is 6.00. The number of hydrogen-bond donors (Lipinski definition) is 1. The first kappa shape index (κ1) is 17.0. The predicted molar refractivity (Wildman–Crippen MR) is 97.7 cm³/mol. The second-order valence-corrected chi connectivity index (χ2v) is 8.21. The van der Waals surface area contributed by atoms with Gasteiger partial charge >= 0.3 is 0 Å². The molecule has 1 aliphatic heterocycles. The van der Waals surface area contributed by atoms with E-state index in [-0.39, 0.29) is 11.3 Å². The van der Waals surface area contributed by atoms with Crippen LogP contribution in [-0.2, 0) is 9.53 Å². The molecule has 1 heterocycles. The summed E-state index contributed by atoms with van der Waals surface area (Å²) in [6.07, 6.45) is 6.37. The van der Waals surface area contributed by atoms with Gasteiger partial charge in [-0.2, -0.15) is 0 Å². The van der Waals surface area contributed by atoms with Crippen molar-refractivity contribution in [1.29, 1.82) is 0 Å². The van der Waals surface area contributed by atoms with Crippen LogP contribution in [0.1, 0.15) is 63.4 Å². The highest BCUT2D eigenvalue weighted by atomic mass is 16.5. The van der Waals surface area contributed by atoms with E-state index in [1.165, 1.54) is 18.4 Å². The molecular formula is C21H29NO3. The van der Waals surface area contributed by atoms with E-state index in [0.717, 1.165) is 37.4 Å². The monoisotopic (exact) mass is 343 g/mol. The third-order valence-electron chi connectivity index (χ3n) is 6.48. The lowest BCUT2D eigenvalue weighted by molar-refractivity contribution is -0.133. The van der Waals surface area contributed by atoms with Gasteiger partial charge in [0.1, 0.15) is 0 Å². The van der Waals surface area contributed by atoms with Gasteiger partial charge in [-0.15, -0.1) is 0 Å². The summed E-state index contributed by atoms with van der Waals surface area (Å²) in [6, 6.07) is 8.59. The molecule has 0 bridgehead atoms. The number of nitrogens with zero attached hydrogens (tertiary/aromatic N) is 1. The van der Waals surface area contributed by atoms with Crippen LogP contribution in [0, 0.1) is 5.41 Å². The molecular weight excluding hydrogens is 314 g/mol. The molecule has 2 aliphatic carbocycles. The fourth-order valence-corrected chi connectivity index (χ4v) is 4.50. The smallest absolute Gasteiger partial charge is 0.233 e. The largest absolute Gasteiger partial charge is 0.387 e. The van der Waals surface area contributed by atoms with Gasteiger partial charge in [-0.3, -0.25) is 4.79 Å². The Morgan fingerprint density at radius 3 is 2.40 bits per heavy atom. The van der Waals surface area contributed by atoms with Crippen molar-refractivity contribution < 1.29 is 14.6 Å². The lowest BCUT2D eigenvalue weighted by atomic mass is 9.68. The molecule has 4 rings (SSSR count). The maximum absolute atomic E-state index is 13.2. The summed E-state index contributed by atoms with van der Waals surface area (Å²) in [6.45, 7) is 3.75. The van der Waals surface area contributed by atoms with Gasteiger partial charge in [0.05, 0.1) is 17.6 Å². The molecule has 4 nitrogen and oxygen atoms in total. The third-order valence-corrected chi connectivity index (χ3v) is 6.48. The highest BCUT2D eigenvalue weighted by Gasteiger charge is 2.51. The molecule has 1 spiro atoms. The SMILES string of the molecule is CCOC[C@]1(O)CC[C@@]2(CCN(c3ccc(C4CC4)cc3)C2=O)CC1. The molecule has 136 valence electrons. The number of rotatable bonds is 5. The van der Waals surface area contributed by atoms with Crippen LogP contribution in [-0.4, -0.2) is 36.4 Å². The molecule has 0 radical (unpaired) electrons. The van der Waals surface area contributed by atoms with Gasteiger partial charge in [0, 0.05) is 18.8 Å². The molecule has 0 atom stereocenters. The van der Waals surface area contributed by atoms with Crippen LogP contribution < -0.4 is 4.90 Å². The maximum atomic E-state index is 13.2. The number of ether oxygens (including phenoxy) is 1. The molecule has 0 aromatic heterocycles. The van der Waals surface area contributed by atoms with Crippen LogP contribution >= 0.6 is 0 Å². The first-order chi connectivity index (χ1) is 12.1. The second-order valence-electron chi connectivity index (χ2n) is 8.21. The van der Waals surface area contributed by atoms with Crippen molar-refractivity contribution in [3.8, 4) is 0 Å². The summed E-state index contributed by atoms with van der Waals surface area (Å²) in [5.41, 5.74) is 1.42. The third kappa shape index (κ3) is 3.22. The molecule has 2 saturated carbocycles. The van der Waals surface area contributed by atoms with Crippen LogP contribution in [0.5, 0.6) is 0 Å². The Balaban J connectivity index is 1.43. The number of carbonyl (C=O) groups excluding carboxylic acids is 1. The Kier molecular flexibility index (Phi) is 4.37. The van der Waals surface area contributed by atoms with Gasteiger partial charge in [-0.05, 0) is 75.5 Å². The van der Waals surface area contributed by atoms with E-state index >= 15 is 0 Å². The van der Waals surface area contributed by atoms with Gasteiger partial charge in [0.2, 0.25) is 5.91 Å². The summed E-state index contributed by atoms with van der Waals surface area (Å²) >= 11 is 0. The summed E-state index contributed by atoms with van der Waals surface area (Å²) in [7, 11) is 0. The Bertz CT molecular complexity index is 627. The zero-order valence-electron chi connectivity index (χ0n) is 15.2. The van der Waals surface area contributed by atoms with Gasteiger partial charge in [-0.1, -0.05) is 12.1 Å². The van der Waals surface area contributed by atoms with E-state index < -0.39 is 5.60 Å². The van der Waals surface area contributed by atoms with Crippen LogP contribution in [0.25, 0.3) is 0 Å². The van der Waals surface area contributed by atoms with Crippen LogP contribution in [0.4, 0.5) is 5.69 Å². The molecule has 4 heteroatoms. The summed E-state index contributed by atoms with van der Waals surface area (Å²) < 4.78 is 5.43. The van der Waals surface area contributed by atoms with E-state index in [2.05, 4.69) is 24.3 Å². The van der Waals surface area contributed by atoms with Crippen molar-refractivity contribution >= 4 is 11.6 Å². The van der Waals surface area contributed by atoms with Crippen LogP contribution in [0.15, 0.2) is 24.3 Å². The minimum Gasteiger partial charge on any atom is -0.387 e. The Labute approximate surface area is 150 Å². The maximum Gasteiger partial charge on any atom is 0.233 e. The van der Waals surface area contributed by atoms with Crippen molar-refractivity contribution in [1.82, 2.24) is 0 Å². The van der Waals surface area contributed by atoms with E-state index in [9.17, 15) is 9.90 Å². The molecule has 1 aromatic carbocycles. The van der Waals surface area contributed by atoms with Crippen molar-refractivity contribution in [3.63, 3.8) is 0 Å². The molecule has 0 unspecified atom stereocenters. The molecule has 3 aliphatic rings. The van der Waals surface area contributed by atoms with E-state index in [1.54, 1.807) is 0 Å². The summed E-state index contributed by atoms with van der Waals surface area (Å²) in [4.78, 5) is 15.1. The Morgan fingerprint density at radius 2 is 1.80 bits per heavy atom. The predicted octanol–water partition coefficient (Wildman–Crippen LogP) is 3.63. The first-order valence-corrected chi connectivity index (χ1v) is 9.77. The second kappa shape index (κ2) is 6.40. The average molecular weight is 343 g/mol. The topological polar surface area (TPSA) is 49.8 Å².